The molecule has 42 heavy (non-hydrogen) atoms. The third-order valence-corrected chi connectivity index (χ3v) is 7.76. The van der Waals surface area contributed by atoms with Gasteiger partial charge in [-0.25, -0.2) is 17.6 Å². The van der Waals surface area contributed by atoms with Crippen molar-refractivity contribution < 1.29 is 36.6 Å². The fourth-order valence-electron chi connectivity index (χ4n) is 4.21. The molecule has 12 heteroatoms. The van der Waals surface area contributed by atoms with Gasteiger partial charge in [0.2, 0.25) is 10.0 Å². The summed E-state index contributed by atoms with van der Waals surface area (Å²) in [4.78, 5) is 25.9. The van der Waals surface area contributed by atoms with Gasteiger partial charge in [-0.05, 0) is 57.5 Å². The van der Waals surface area contributed by atoms with Crippen molar-refractivity contribution in [3.8, 4) is 11.8 Å². The van der Waals surface area contributed by atoms with Gasteiger partial charge in [0, 0.05) is 32.0 Å². The first-order chi connectivity index (χ1) is 19.8. The number of sulfonamides is 1. The molecule has 1 heterocycles. The third kappa shape index (κ3) is 9.48. The SMILES string of the molecule is CCOC(=O)CS(=O)(=O)N(CC=Cc1cccc(C#N)c1)c1ccc(OC2CCN(C(=O)OC(C)(C)C)CC2)c(F)c1. The molecule has 0 aliphatic carbocycles. The maximum absolute atomic E-state index is 15.2. The molecule has 1 aliphatic rings. The molecule has 1 aliphatic heterocycles. The third-order valence-electron chi connectivity index (χ3n) is 6.13. The monoisotopic (exact) mass is 601 g/mol. The Bertz CT molecular complexity index is 1440. The number of ether oxygens (including phenoxy) is 3. The minimum atomic E-state index is -4.25. The highest BCUT2D eigenvalue weighted by atomic mass is 32.2. The van der Waals surface area contributed by atoms with E-state index in [1.165, 1.54) is 12.1 Å². The summed E-state index contributed by atoms with van der Waals surface area (Å²) in [7, 11) is -4.25. The first-order valence-electron chi connectivity index (χ1n) is 13.6. The number of amides is 1. The predicted molar refractivity (Wildman–Crippen MR) is 156 cm³/mol. The molecular weight excluding hydrogens is 565 g/mol. The molecule has 3 rings (SSSR count). The lowest BCUT2D eigenvalue weighted by Crippen LogP contribution is -2.44. The number of halogens is 1. The molecule has 1 fully saturated rings. The van der Waals surface area contributed by atoms with Gasteiger partial charge in [0.1, 0.15) is 11.7 Å². The highest BCUT2D eigenvalue weighted by Gasteiger charge is 2.29. The second kappa shape index (κ2) is 14.2. The number of esters is 1. The lowest BCUT2D eigenvalue weighted by Gasteiger charge is -2.33. The first-order valence-corrected chi connectivity index (χ1v) is 15.2. The topological polar surface area (TPSA) is 126 Å². The molecule has 0 aromatic heterocycles. The summed E-state index contributed by atoms with van der Waals surface area (Å²) in [5.74, 6) is -2.68. The molecule has 10 nitrogen and oxygen atoms in total. The molecule has 2 aromatic carbocycles. The van der Waals surface area contributed by atoms with E-state index in [9.17, 15) is 18.0 Å². The fourth-order valence-corrected chi connectivity index (χ4v) is 5.49. The Kier molecular flexibility index (Phi) is 10.9. The van der Waals surface area contributed by atoms with Crippen LogP contribution in [0.4, 0.5) is 14.9 Å². The summed E-state index contributed by atoms with van der Waals surface area (Å²) in [6.45, 7) is 7.54. The summed E-state index contributed by atoms with van der Waals surface area (Å²) >= 11 is 0. The van der Waals surface area contributed by atoms with E-state index >= 15 is 4.39 Å². The van der Waals surface area contributed by atoms with E-state index < -0.39 is 39.3 Å². The van der Waals surface area contributed by atoms with Gasteiger partial charge >= 0.3 is 12.1 Å². The molecule has 226 valence electrons. The Balaban J connectivity index is 1.75. The number of hydrogen-bond acceptors (Lipinski definition) is 8. The van der Waals surface area contributed by atoms with Crippen molar-refractivity contribution in [1.82, 2.24) is 4.90 Å². The molecule has 0 spiro atoms. The van der Waals surface area contributed by atoms with Crippen molar-refractivity contribution in [1.29, 1.82) is 5.26 Å². The minimum absolute atomic E-state index is 0.000631. The highest BCUT2D eigenvalue weighted by molar-refractivity contribution is 7.93. The Hall–Kier alpha value is -4.11. The lowest BCUT2D eigenvalue weighted by molar-refractivity contribution is -0.139. The second-order valence-corrected chi connectivity index (χ2v) is 12.5. The van der Waals surface area contributed by atoms with Crippen LogP contribution in [0.25, 0.3) is 6.08 Å². The Morgan fingerprint density at radius 2 is 1.88 bits per heavy atom. The Labute approximate surface area is 246 Å². The van der Waals surface area contributed by atoms with Crippen LogP contribution in [0.5, 0.6) is 5.75 Å². The number of nitriles is 1. The Morgan fingerprint density at radius 1 is 1.17 bits per heavy atom. The number of carbonyl (C=O) groups excluding carboxylic acids is 2. The van der Waals surface area contributed by atoms with Gasteiger partial charge in [-0.1, -0.05) is 24.3 Å². The molecule has 0 N–H and O–H groups in total. The van der Waals surface area contributed by atoms with Crippen LogP contribution in [-0.4, -0.2) is 69.1 Å². The van der Waals surface area contributed by atoms with Crippen LogP contribution >= 0.6 is 0 Å². The summed E-state index contributed by atoms with van der Waals surface area (Å²) < 4.78 is 58.6. The van der Waals surface area contributed by atoms with E-state index in [0.29, 0.717) is 37.1 Å². The molecule has 0 saturated carbocycles. The van der Waals surface area contributed by atoms with Gasteiger partial charge in [0.25, 0.3) is 0 Å². The van der Waals surface area contributed by atoms with Gasteiger partial charge in [0.05, 0.1) is 30.5 Å². The van der Waals surface area contributed by atoms with Crippen LogP contribution in [-0.2, 0) is 24.3 Å². The number of hydrogen-bond donors (Lipinski definition) is 0. The molecule has 0 unspecified atom stereocenters. The largest absolute Gasteiger partial charge is 0.487 e. The zero-order valence-corrected chi connectivity index (χ0v) is 25.0. The Morgan fingerprint density at radius 3 is 2.50 bits per heavy atom. The van der Waals surface area contributed by atoms with Crippen molar-refractivity contribution in [3.05, 3.63) is 65.5 Å². The van der Waals surface area contributed by atoms with Gasteiger partial charge in [-0.15, -0.1) is 0 Å². The van der Waals surface area contributed by atoms with E-state index in [4.69, 9.17) is 19.5 Å². The van der Waals surface area contributed by atoms with Crippen molar-refractivity contribution in [3.63, 3.8) is 0 Å². The van der Waals surface area contributed by atoms with E-state index in [1.54, 1.807) is 69.0 Å². The van der Waals surface area contributed by atoms with Crippen molar-refractivity contribution >= 4 is 33.8 Å². The maximum atomic E-state index is 15.2. The molecule has 0 atom stereocenters. The molecule has 0 bridgehead atoms. The number of piperidine rings is 1. The molecule has 1 saturated heterocycles. The van der Waals surface area contributed by atoms with E-state index in [0.717, 1.165) is 10.4 Å². The van der Waals surface area contributed by atoms with Crippen molar-refractivity contribution in [2.45, 2.75) is 52.2 Å². The van der Waals surface area contributed by atoms with Crippen LogP contribution in [0.3, 0.4) is 0 Å². The molecule has 0 radical (unpaired) electrons. The predicted octanol–water partition coefficient (Wildman–Crippen LogP) is 4.89. The number of benzene rings is 2. The van der Waals surface area contributed by atoms with Gasteiger partial charge in [-0.3, -0.25) is 9.10 Å². The number of rotatable bonds is 10. The minimum Gasteiger partial charge on any atom is -0.487 e. The van der Waals surface area contributed by atoms with Crippen LogP contribution < -0.4 is 9.04 Å². The molecular formula is C30H36FN3O7S. The summed E-state index contributed by atoms with van der Waals surface area (Å²) in [6, 6.07) is 12.6. The van der Waals surface area contributed by atoms with Gasteiger partial charge < -0.3 is 19.1 Å². The smallest absolute Gasteiger partial charge is 0.410 e. The van der Waals surface area contributed by atoms with Crippen molar-refractivity contribution in [2.24, 2.45) is 0 Å². The quantitative estimate of drug-likeness (QED) is 0.353. The highest BCUT2D eigenvalue weighted by Crippen LogP contribution is 2.29. The summed E-state index contributed by atoms with van der Waals surface area (Å²) in [5, 5.41) is 9.11. The second-order valence-electron chi connectivity index (χ2n) is 10.6. The number of nitrogens with zero attached hydrogens (tertiary/aromatic N) is 3. The number of anilines is 1. The number of carbonyl (C=O) groups is 2. The van der Waals surface area contributed by atoms with E-state index in [-0.39, 0.29) is 30.7 Å². The fraction of sp³-hybridized carbons (Fsp3) is 0.433. The van der Waals surface area contributed by atoms with Crippen LogP contribution in [0, 0.1) is 17.1 Å². The molecule has 1 amide bonds. The maximum Gasteiger partial charge on any atom is 0.410 e. The van der Waals surface area contributed by atoms with E-state index in [1.807, 2.05) is 6.07 Å². The van der Waals surface area contributed by atoms with Crippen molar-refractivity contribution in [2.75, 3.05) is 36.3 Å². The van der Waals surface area contributed by atoms with Crippen LogP contribution in [0.1, 0.15) is 51.7 Å². The summed E-state index contributed by atoms with van der Waals surface area (Å²) in [5.41, 5.74) is 0.506. The molecule has 2 aromatic rings. The van der Waals surface area contributed by atoms with Gasteiger partial charge in [-0.2, -0.15) is 5.26 Å². The number of likely N-dealkylation sites (tertiary alicyclic amines) is 1. The van der Waals surface area contributed by atoms with Crippen LogP contribution in [0.2, 0.25) is 0 Å². The lowest BCUT2D eigenvalue weighted by atomic mass is 10.1. The van der Waals surface area contributed by atoms with Gasteiger partial charge in [0.15, 0.2) is 17.3 Å². The average Bonchev–Trinajstić information content (AvgIpc) is 2.91. The normalized spacial score (nSPS) is 14.3. The summed E-state index contributed by atoms with van der Waals surface area (Å²) in [6.07, 6.45) is 3.36. The first kappa shape index (κ1) is 32.4. The average molecular weight is 602 g/mol. The van der Waals surface area contributed by atoms with Crippen LogP contribution in [0.15, 0.2) is 48.5 Å². The zero-order chi connectivity index (χ0) is 30.9. The standard InChI is InChI=1S/C30H36FN3O7S/c1-5-39-28(35)21-42(37,38)34(15-7-10-22-8-6-9-23(18-22)20-32)24-11-12-27(26(31)19-24)40-25-13-16-33(17-14-25)29(36)41-30(2,3)4/h6-12,18-19,25H,5,13-17,21H2,1-4H3. The van der Waals surface area contributed by atoms with E-state index in [2.05, 4.69) is 0 Å². The zero-order valence-electron chi connectivity index (χ0n) is 24.2.